The van der Waals surface area contributed by atoms with Gasteiger partial charge in [0.05, 0.1) is 5.38 Å². The fourth-order valence-electron chi connectivity index (χ4n) is 0.707. The van der Waals surface area contributed by atoms with E-state index in [4.69, 9.17) is 11.6 Å². The highest BCUT2D eigenvalue weighted by Crippen LogP contribution is 2.18. The number of hydrogen-bond acceptors (Lipinski definition) is 2. The van der Waals surface area contributed by atoms with Crippen molar-refractivity contribution in [2.75, 3.05) is 0 Å². The van der Waals surface area contributed by atoms with Gasteiger partial charge in [0.2, 0.25) is 0 Å². The molecule has 2 atom stereocenters. The lowest BCUT2D eigenvalue weighted by Crippen LogP contribution is -2.09. The van der Waals surface area contributed by atoms with E-state index in [-0.39, 0.29) is 11.4 Å². The van der Waals surface area contributed by atoms with Gasteiger partial charge in [-0.15, -0.1) is 11.6 Å². The van der Waals surface area contributed by atoms with Crippen LogP contribution in [0.15, 0.2) is 17.3 Å². The van der Waals surface area contributed by atoms with Crippen molar-refractivity contribution in [3.8, 4) is 0 Å². The van der Waals surface area contributed by atoms with Gasteiger partial charge in [-0.3, -0.25) is 0 Å². The molecule has 0 aromatic heterocycles. The van der Waals surface area contributed by atoms with E-state index in [9.17, 15) is 4.91 Å². The van der Waals surface area contributed by atoms with Gasteiger partial charge < -0.3 is 0 Å². The van der Waals surface area contributed by atoms with Crippen LogP contribution < -0.4 is 0 Å². The predicted molar refractivity (Wildman–Crippen MR) is 33.0 cm³/mol. The molecule has 0 aromatic carbocycles. The van der Waals surface area contributed by atoms with Gasteiger partial charge in [-0.2, -0.15) is 4.91 Å². The average Bonchev–Trinajstić information content (AvgIpc) is 2.14. The van der Waals surface area contributed by atoms with Crippen LogP contribution in [0.2, 0.25) is 0 Å². The van der Waals surface area contributed by atoms with Crippen LogP contribution in [0.1, 0.15) is 6.42 Å². The van der Waals surface area contributed by atoms with Crippen molar-refractivity contribution >= 4 is 11.6 Å². The standard InChI is InChI=1S/C5H6ClNO/c6-4-2-1-3-5(4)7-8/h1-2,4-5H,3H2/t4-,5-/m0/s1. The Kier molecular flexibility index (Phi) is 1.63. The van der Waals surface area contributed by atoms with Crippen molar-refractivity contribution in [1.82, 2.24) is 0 Å². The normalized spacial score (nSPS) is 35.6. The first-order valence-corrected chi connectivity index (χ1v) is 2.91. The molecular weight excluding hydrogens is 126 g/mol. The molecule has 0 saturated carbocycles. The summed E-state index contributed by atoms with van der Waals surface area (Å²) in [5, 5.41) is 2.66. The van der Waals surface area contributed by atoms with E-state index < -0.39 is 0 Å². The van der Waals surface area contributed by atoms with Crippen LogP contribution in [-0.2, 0) is 0 Å². The topological polar surface area (TPSA) is 29.4 Å². The molecule has 0 fully saturated rings. The molecule has 44 valence electrons. The van der Waals surface area contributed by atoms with E-state index in [0.29, 0.717) is 6.42 Å². The van der Waals surface area contributed by atoms with Crippen LogP contribution in [0, 0.1) is 4.91 Å². The van der Waals surface area contributed by atoms with Gasteiger partial charge in [0.1, 0.15) is 6.04 Å². The zero-order valence-corrected chi connectivity index (χ0v) is 5.01. The summed E-state index contributed by atoms with van der Waals surface area (Å²) in [6.45, 7) is 0. The summed E-state index contributed by atoms with van der Waals surface area (Å²) >= 11 is 5.60. The number of nitrogens with zero attached hydrogens (tertiary/aromatic N) is 1. The van der Waals surface area contributed by atoms with E-state index in [1.54, 1.807) is 6.08 Å². The molecule has 0 radical (unpaired) electrons. The van der Waals surface area contributed by atoms with Crippen LogP contribution in [0.25, 0.3) is 0 Å². The van der Waals surface area contributed by atoms with Gasteiger partial charge in [-0.25, -0.2) is 0 Å². The first-order valence-electron chi connectivity index (χ1n) is 2.48. The minimum Gasteiger partial charge on any atom is -0.150 e. The van der Waals surface area contributed by atoms with Crippen LogP contribution in [0.5, 0.6) is 0 Å². The fourth-order valence-corrected chi connectivity index (χ4v) is 0.959. The highest BCUT2D eigenvalue weighted by atomic mass is 35.5. The van der Waals surface area contributed by atoms with Crippen LogP contribution in [0.4, 0.5) is 0 Å². The quantitative estimate of drug-likeness (QED) is 0.303. The Hall–Kier alpha value is -0.370. The zero-order chi connectivity index (χ0) is 5.98. The maximum Gasteiger partial charge on any atom is 0.115 e. The summed E-state index contributed by atoms with van der Waals surface area (Å²) in [5.41, 5.74) is 0. The largest absolute Gasteiger partial charge is 0.150 e. The second-order valence-electron chi connectivity index (χ2n) is 1.78. The summed E-state index contributed by atoms with van der Waals surface area (Å²) in [4.78, 5) is 9.84. The first kappa shape index (κ1) is 5.76. The molecule has 1 aliphatic rings. The van der Waals surface area contributed by atoms with Gasteiger partial charge in [0.25, 0.3) is 0 Å². The highest BCUT2D eigenvalue weighted by Gasteiger charge is 2.20. The van der Waals surface area contributed by atoms with Crippen LogP contribution in [0.3, 0.4) is 0 Å². The van der Waals surface area contributed by atoms with Gasteiger partial charge in [0, 0.05) is 0 Å². The summed E-state index contributed by atoms with van der Waals surface area (Å²) in [5.74, 6) is 0. The Labute approximate surface area is 52.5 Å². The van der Waals surface area contributed by atoms with Crippen molar-refractivity contribution in [1.29, 1.82) is 0 Å². The average molecular weight is 132 g/mol. The van der Waals surface area contributed by atoms with E-state index in [1.807, 2.05) is 6.08 Å². The Balaban J connectivity index is 2.50. The summed E-state index contributed by atoms with van der Waals surface area (Å²) in [6.07, 6.45) is 4.38. The third kappa shape index (κ3) is 0.892. The van der Waals surface area contributed by atoms with Crippen molar-refractivity contribution in [2.24, 2.45) is 5.18 Å². The zero-order valence-electron chi connectivity index (χ0n) is 4.25. The van der Waals surface area contributed by atoms with Crippen LogP contribution >= 0.6 is 11.6 Å². The summed E-state index contributed by atoms with van der Waals surface area (Å²) in [7, 11) is 0. The maximum absolute atomic E-state index is 9.84. The molecule has 0 bridgehead atoms. The number of halogens is 1. The van der Waals surface area contributed by atoms with E-state index in [1.165, 1.54) is 0 Å². The number of hydrogen-bond donors (Lipinski definition) is 0. The third-order valence-corrected chi connectivity index (χ3v) is 1.64. The molecule has 0 amide bonds. The van der Waals surface area contributed by atoms with Crippen molar-refractivity contribution in [2.45, 2.75) is 17.8 Å². The molecule has 0 aromatic rings. The summed E-state index contributed by atoms with van der Waals surface area (Å²) < 4.78 is 0. The highest BCUT2D eigenvalue weighted by molar-refractivity contribution is 6.22. The molecule has 3 heteroatoms. The smallest absolute Gasteiger partial charge is 0.115 e. The lowest BCUT2D eigenvalue weighted by Gasteiger charge is -1.99. The number of nitroso groups, excluding NO2 is 1. The Morgan fingerprint density at radius 1 is 1.75 bits per heavy atom. The van der Waals surface area contributed by atoms with Crippen LogP contribution in [-0.4, -0.2) is 11.4 Å². The molecule has 0 aliphatic heterocycles. The maximum atomic E-state index is 9.84. The van der Waals surface area contributed by atoms with Gasteiger partial charge in [0.15, 0.2) is 0 Å². The molecule has 8 heavy (non-hydrogen) atoms. The molecule has 1 rings (SSSR count). The number of alkyl halides is 1. The fraction of sp³-hybridized carbons (Fsp3) is 0.600. The molecule has 0 spiro atoms. The molecule has 0 unspecified atom stereocenters. The molecular formula is C5H6ClNO. The molecule has 1 aliphatic carbocycles. The predicted octanol–water partition coefficient (Wildman–Crippen LogP) is 1.69. The van der Waals surface area contributed by atoms with E-state index in [2.05, 4.69) is 5.18 Å². The van der Waals surface area contributed by atoms with E-state index >= 15 is 0 Å². The number of rotatable bonds is 1. The minimum atomic E-state index is -0.211. The van der Waals surface area contributed by atoms with Gasteiger partial charge in [-0.05, 0) is 6.42 Å². The molecule has 0 N–H and O–H groups in total. The first-order chi connectivity index (χ1) is 3.84. The lowest BCUT2D eigenvalue weighted by molar-refractivity contribution is 0.734. The third-order valence-electron chi connectivity index (χ3n) is 1.20. The second-order valence-corrected chi connectivity index (χ2v) is 2.28. The summed E-state index contributed by atoms with van der Waals surface area (Å²) in [6, 6.07) is -0.211. The SMILES string of the molecule is O=N[C@H]1CC=C[C@@H]1Cl. The van der Waals surface area contributed by atoms with Gasteiger partial charge in [-0.1, -0.05) is 17.3 Å². The Morgan fingerprint density at radius 2 is 2.50 bits per heavy atom. The van der Waals surface area contributed by atoms with Crippen molar-refractivity contribution < 1.29 is 0 Å². The second kappa shape index (κ2) is 2.27. The molecule has 0 heterocycles. The van der Waals surface area contributed by atoms with E-state index in [0.717, 1.165) is 0 Å². The Bertz CT molecular complexity index is 124. The molecule has 0 saturated heterocycles. The van der Waals surface area contributed by atoms with Crippen molar-refractivity contribution in [3.05, 3.63) is 17.1 Å². The molecule has 2 nitrogen and oxygen atoms in total. The van der Waals surface area contributed by atoms with Crippen molar-refractivity contribution in [3.63, 3.8) is 0 Å². The monoisotopic (exact) mass is 131 g/mol. The minimum absolute atomic E-state index is 0.160. The van der Waals surface area contributed by atoms with Gasteiger partial charge >= 0.3 is 0 Å². The lowest BCUT2D eigenvalue weighted by atomic mass is 10.2. The Morgan fingerprint density at radius 3 is 2.75 bits per heavy atom.